The second-order valence-electron chi connectivity index (χ2n) is 3.99. The van der Waals surface area contributed by atoms with Crippen molar-refractivity contribution in [3.05, 3.63) is 24.0 Å². The number of alkyl halides is 1. The number of rotatable bonds is 4. The normalized spacial score (nSPS) is 14.1. The Kier molecular flexibility index (Phi) is 4.46. The van der Waals surface area contributed by atoms with E-state index in [2.05, 4.69) is 34.8 Å². The fourth-order valence-corrected chi connectivity index (χ4v) is 1.92. The topological polar surface area (TPSA) is 73.1 Å². The first-order chi connectivity index (χ1) is 7.30. The van der Waals surface area contributed by atoms with Crippen LogP contribution in [-0.4, -0.2) is 18.2 Å². The third-order valence-electron chi connectivity index (χ3n) is 2.25. The molecule has 0 aliphatic heterocycles. The molecule has 1 rings (SSSR count). The summed E-state index contributed by atoms with van der Waals surface area (Å²) in [6.45, 7) is 4.22. The molecule has 0 aliphatic rings. The Morgan fingerprint density at radius 2 is 2.06 bits per heavy atom. The molecule has 6 heteroatoms. The Labute approximate surface area is 104 Å². The zero-order valence-corrected chi connectivity index (χ0v) is 11.6. The van der Waals surface area contributed by atoms with E-state index in [1.807, 2.05) is 0 Å². The van der Waals surface area contributed by atoms with Crippen molar-refractivity contribution >= 4 is 26.0 Å². The van der Waals surface area contributed by atoms with Crippen molar-refractivity contribution in [1.29, 1.82) is 0 Å². The highest BCUT2D eigenvalue weighted by Crippen LogP contribution is 2.17. The van der Waals surface area contributed by atoms with Crippen LogP contribution in [-0.2, 0) is 16.4 Å². The SMILES string of the molecule is CC(C)C(Br)Cc1ccc(S(N)(=O)=O)cn1. The predicted molar refractivity (Wildman–Crippen MR) is 66.9 cm³/mol. The Morgan fingerprint density at radius 1 is 1.44 bits per heavy atom. The number of hydrogen-bond donors (Lipinski definition) is 1. The molecule has 0 aromatic carbocycles. The van der Waals surface area contributed by atoms with Crippen LogP contribution in [0.4, 0.5) is 0 Å². The van der Waals surface area contributed by atoms with Gasteiger partial charge in [-0.25, -0.2) is 13.6 Å². The van der Waals surface area contributed by atoms with E-state index in [1.54, 1.807) is 6.07 Å². The number of sulfonamides is 1. The average Bonchev–Trinajstić information content (AvgIpc) is 2.17. The van der Waals surface area contributed by atoms with Gasteiger partial charge in [-0.3, -0.25) is 4.98 Å². The Balaban J connectivity index is 2.80. The molecule has 1 unspecified atom stereocenters. The molecule has 16 heavy (non-hydrogen) atoms. The highest BCUT2D eigenvalue weighted by atomic mass is 79.9. The molecule has 2 N–H and O–H groups in total. The van der Waals surface area contributed by atoms with Crippen molar-refractivity contribution in [2.45, 2.75) is 30.0 Å². The molecule has 90 valence electrons. The zero-order valence-electron chi connectivity index (χ0n) is 9.22. The van der Waals surface area contributed by atoms with Crippen molar-refractivity contribution in [2.75, 3.05) is 0 Å². The van der Waals surface area contributed by atoms with Gasteiger partial charge in [0.1, 0.15) is 4.90 Å². The molecular formula is C10H15BrN2O2S. The minimum atomic E-state index is -3.64. The molecular weight excluding hydrogens is 292 g/mol. The fourth-order valence-electron chi connectivity index (χ4n) is 1.14. The van der Waals surface area contributed by atoms with E-state index < -0.39 is 10.0 Å². The Hall–Kier alpha value is -0.460. The minimum absolute atomic E-state index is 0.0481. The molecule has 0 bridgehead atoms. The lowest BCUT2D eigenvalue weighted by atomic mass is 10.1. The highest BCUT2D eigenvalue weighted by Gasteiger charge is 2.12. The third kappa shape index (κ3) is 3.84. The number of primary sulfonamides is 1. The maximum absolute atomic E-state index is 11.0. The van der Waals surface area contributed by atoms with E-state index in [4.69, 9.17) is 5.14 Å². The van der Waals surface area contributed by atoms with Crippen LogP contribution in [0, 0.1) is 5.92 Å². The summed E-state index contributed by atoms with van der Waals surface area (Å²) in [5, 5.41) is 4.98. The second-order valence-corrected chi connectivity index (χ2v) is 6.73. The van der Waals surface area contributed by atoms with Crippen molar-refractivity contribution in [3.63, 3.8) is 0 Å². The number of pyridine rings is 1. The molecule has 0 saturated carbocycles. The monoisotopic (exact) mass is 306 g/mol. The Morgan fingerprint density at radius 3 is 2.44 bits per heavy atom. The van der Waals surface area contributed by atoms with Crippen LogP contribution in [0.1, 0.15) is 19.5 Å². The summed E-state index contributed by atoms with van der Waals surface area (Å²) in [5.74, 6) is 0.500. The molecule has 0 fully saturated rings. The van der Waals surface area contributed by atoms with Gasteiger partial charge in [0.15, 0.2) is 0 Å². The van der Waals surface area contributed by atoms with Gasteiger partial charge in [0.2, 0.25) is 10.0 Å². The number of hydrogen-bond acceptors (Lipinski definition) is 3. The standard InChI is InChI=1S/C10H15BrN2O2S/c1-7(2)10(11)5-8-3-4-9(6-13-8)16(12,14)15/h3-4,6-7,10H,5H2,1-2H3,(H2,12,14,15). The molecule has 0 aliphatic carbocycles. The van der Waals surface area contributed by atoms with Crippen molar-refractivity contribution in [3.8, 4) is 0 Å². The van der Waals surface area contributed by atoms with Gasteiger partial charge >= 0.3 is 0 Å². The molecule has 0 amide bonds. The third-order valence-corrected chi connectivity index (χ3v) is 4.53. The van der Waals surface area contributed by atoms with E-state index in [0.29, 0.717) is 10.7 Å². The van der Waals surface area contributed by atoms with Crippen LogP contribution in [0.2, 0.25) is 0 Å². The maximum Gasteiger partial charge on any atom is 0.239 e. The van der Waals surface area contributed by atoms with E-state index in [9.17, 15) is 8.42 Å². The molecule has 0 saturated heterocycles. The summed E-state index contributed by atoms with van der Waals surface area (Å²) < 4.78 is 22.0. The first kappa shape index (κ1) is 13.6. The average molecular weight is 307 g/mol. The van der Waals surface area contributed by atoms with Crippen LogP contribution < -0.4 is 5.14 Å². The molecule has 0 radical (unpaired) electrons. The Bertz CT molecular complexity index is 442. The molecule has 0 spiro atoms. The van der Waals surface area contributed by atoms with Gasteiger partial charge in [-0.15, -0.1) is 0 Å². The lowest BCUT2D eigenvalue weighted by Gasteiger charge is -2.12. The summed E-state index contributed by atoms with van der Waals surface area (Å²) in [6, 6.07) is 3.17. The van der Waals surface area contributed by atoms with Crippen LogP contribution in [0.3, 0.4) is 0 Å². The molecule has 4 nitrogen and oxygen atoms in total. The summed E-state index contributed by atoms with van der Waals surface area (Å²) in [7, 11) is -3.64. The fraction of sp³-hybridized carbons (Fsp3) is 0.500. The van der Waals surface area contributed by atoms with Crippen LogP contribution >= 0.6 is 15.9 Å². The number of nitrogens with zero attached hydrogens (tertiary/aromatic N) is 1. The van der Waals surface area contributed by atoms with Gasteiger partial charge in [-0.05, 0) is 18.1 Å². The van der Waals surface area contributed by atoms with Gasteiger partial charge < -0.3 is 0 Å². The van der Waals surface area contributed by atoms with Gasteiger partial charge in [-0.2, -0.15) is 0 Å². The van der Waals surface area contributed by atoms with E-state index in [0.717, 1.165) is 12.1 Å². The van der Waals surface area contributed by atoms with Gasteiger partial charge in [0.05, 0.1) is 0 Å². The van der Waals surface area contributed by atoms with Crippen LogP contribution in [0.25, 0.3) is 0 Å². The van der Waals surface area contributed by atoms with Gasteiger partial charge in [0.25, 0.3) is 0 Å². The number of aromatic nitrogens is 1. The van der Waals surface area contributed by atoms with Gasteiger partial charge in [0, 0.05) is 23.1 Å². The molecule has 1 aromatic rings. The van der Waals surface area contributed by atoms with E-state index >= 15 is 0 Å². The molecule has 1 aromatic heterocycles. The van der Waals surface area contributed by atoms with E-state index in [-0.39, 0.29) is 4.90 Å². The summed E-state index contributed by atoms with van der Waals surface area (Å²) in [5.41, 5.74) is 0.850. The first-order valence-electron chi connectivity index (χ1n) is 4.92. The van der Waals surface area contributed by atoms with Crippen molar-refractivity contribution < 1.29 is 8.42 Å². The minimum Gasteiger partial charge on any atom is -0.260 e. The number of nitrogens with two attached hydrogens (primary N) is 1. The van der Waals surface area contributed by atoms with Gasteiger partial charge in [-0.1, -0.05) is 29.8 Å². The quantitative estimate of drug-likeness (QED) is 0.860. The summed E-state index contributed by atoms with van der Waals surface area (Å²) in [6.07, 6.45) is 2.06. The lowest BCUT2D eigenvalue weighted by Crippen LogP contribution is -2.14. The van der Waals surface area contributed by atoms with Crippen LogP contribution in [0.15, 0.2) is 23.2 Å². The summed E-state index contributed by atoms with van der Waals surface area (Å²) in [4.78, 5) is 4.46. The molecule has 1 heterocycles. The largest absolute Gasteiger partial charge is 0.260 e. The smallest absolute Gasteiger partial charge is 0.239 e. The molecule has 1 atom stereocenters. The number of halogens is 1. The zero-order chi connectivity index (χ0) is 12.3. The van der Waals surface area contributed by atoms with E-state index in [1.165, 1.54) is 12.3 Å². The highest BCUT2D eigenvalue weighted by molar-refractivity contribution is 9.09. The maximum atomic E-state index is 11.0. The van der Waals surface area contributed by atoms with Crippen molar-refractivity contribution in [1.82, 2.24) is 4.98 Å². The summed E-state index contributed by atoms with van der Waals surface area (Å²) >= 11 is 3.55. The lowest BCUT2D eigenvalue weighted by molar-refractivity contribution is 0.595. The predicted octanol–water partition coefficient (Wildman–Crippen LogP) is 1.69. The van der Waals surface area contributed by atoms with Crippen LogP contribution in [0.5, 0.6) is 0 Å². The first-order valence-corrected chi connectivity index (χ1v) is 7.38. The van der Waals surface area contributed by atoms with Crippen molar-refractivity contribution in [2.24, 2.45) is 11.1 Å². The second kappa shape index (κ2) is 5.25.